The van der Waals surface area contributed by atoms with Crippen LogP contribution in [-0.4, -0.2) is 35.3 Å². The molecule has 14 heavy (non-hydrogen) atoms. The second-order valence-corrected chi connectivity index (χ2v) is 3.29. The number of hydrogen-bond acceptors (Lipinski definition) is 4. The van der Waals surface area contributed by atoms with Gasteiger partial charge < -0.3 is 21.4 Å². The summed E-state index contributed by atoms with van der Waals surface area (Å²) in [5.74, 6) is 0.277. The Hall–Kier alpha value is -0.810. The van der Waals surface area contributed by atoms with E-state index in [0.717, 1.165) is 25.8 Å². The highest BCUT2D eigenvalue weighted by atomic mass is 16.4. The molecule has 0 aliphatic rings. The summed E-state index contributed by atoms with van der Waals surface area (Å²) in [5.41, 5.74) is 5.31. The average molecular weight is 203 g/mol. The van der Waals surface area contributed by atoms with Gasteiger partial charge in [0.2, 0.25) is 0 Å². The van der Waals surface area contributed by atoms with Gasteiger partial charge in [0.25, 0.3) is 0 Å². The fourth-order valence-corrected chi connectivity index (χ4v) is 1.13. The summed E-state index contributed by atoms with van der Waals surface area (Å²) < 4.78 is 0. The number of amidine groups is 1. The fourth-order valence-electron chi connectivity index (χ4n) is 1.13. The Morgan fingerprint density at radius 1 is 1.50 bits per heavy atom. The molecule has 0 heterocycles. The second kappa shape index (κ2) is 8.77. The van der Waals surface area contributed by atoms with Crippen LogP contribution < -0.4 is 11.1 Å². The summed E-state index contributed by atoms with van der Waals surface area (Å²) in [7, 11) is 0. The van der Waals surface area contributed by atoms with Crippen LogP contribution in [0, 0.1) is 0 Å². The predicted molar refractivity (Wildman–Crippen MR) is 56.4 cm³/mol. The minimum atomic E-state index is 0.177. The molecule has 0 spiro atoms. The first-order valence-corrected chi connectivity index (χ1v) is 5.05. The van der Waals surface area contributed by atoms with E-state index in [2.05, 4.69) is 10.5 Å². The second-order valence-electron chi connectivity index (χ2n) is 3.29. The molecule has 1 atom stereocenters. The number of aliphatic hydroxyl groups is 1. The molecule has 0 aromatic carbocycles. The van der Waals surface area contributed by atoms with E-state index in [0.29, 0.717) is 6.42 Å². The summed E-state index contributed by atoms with van der Waals surface area (Å²) in [4.78, 5) is 0. The topological polar surface area (TPSA) is 90.9 Å². The van der Waals surface area contributed by atoms with Crippen molar-refractivity contribution in [1.29, 1.82) is 0 Å². The van der Waals surface area contributed by atoms with E-state index in [1.54, 1.807) is 0 Å². The molecule has 0 bridgehead atoms. The van der Waals surface area contributed by atoms with Crippen LogP contribution in [0.15, 0.2) is 5.16 Å². The highest BCUT2D eigenvalue weighted by Gasteiger charge is 2.01. The molecule has 0 aromatic rings. The van der Waals surface area contributed by atoms with Crippen molar-refractivity contribution >= 4 is 5.84 Å². The van der Waals surface area contributed by atoms with Crippen molar-refractivity contribution in [2.24, 2.45) is 10.9 Å². The summed E-state index contributed by atoms with van der Waals surface area (Å²) in [5, 5.41) is 23.2. The molecule has 0 amide bonds. The Morgan fingerprint density at radius 3 is 2.71 bits per heavy atom. The number of nitrogens with zero attached hydrogens (tertiary/aromatic N) is 1. The van der Waals surface area contributed by atoms with Crippen LogP contribution in [0.4, 0.5) is 0 Å². The minimum Gasteiger partial charge on any atom is -0.409 e. The smallest absolute Gasteiger partial charge is 0.139 e. The van der Waals surface area contributed by atoms with Crippen molar-refractivity contribution < 1.29 is 10.3 Å². The Balaban J connectivity index is 3.29. The molecule has 0 fully saturated rings. The SMILES string of the molecule is CCC(CO)NCCCCC(N)=NO. The maximum absolute atomic E-state index is 8.87. The van der Waals surface area contributed by atoms with Crippen LogP contribution in [0.1, 0.15) is 32.6 Å². The summed E-state index contributed by atoms with van der Waals surface area (Å²) in [6.07, 6.45) is 3.41. The zero-order valence-electron chi connectivity index (χ0n) is 8.74. The first-order chi connectivity index (χ1) is 6.74. The fraction of sp³-hybridized carbons (Fsp3) is 0.889. The van der Waals surface area contributed by atoms with Crippen LogP contribution in [0.5, 0.6) is 0 Å². The molecule has 0 saturated carbocycles. The van der Waals surface area contributed by atoms with Crippen molar-refractivity contribution in [3.8, 4) is 0 Å². The Kier molecular flexibility index (Phi) is 8.27. The first-order valence-electron chi connectivity index (χ1n) is 5.05. The third kappa shape index (κ3) is 6.68. The maximum Gasteiger partial charge on any atom is 0.139 e. The maximum atomic E-state index is 8.87. The quantitative estimate of drug-likeness (QED) is 0.150. The molecular formula is C9H21N3O2. The van der Waals surface area contributed by atoms with E-state index in [4.69, 9.17) is 16.0 Å². The third-order valence-electron chi connectivity index (χ3n) is 2.13. The van der Waals surface area contributed by atoms with Gasteiger partial charge in [0, 0.05) is 12.5 Å². The molecular weight excluding hydrogens is 182 g/mol. The lowest BCUT2D eigenvalue weighted by atomic mass is 10.2. The highest BCUT2D eigenvalue weighted by Crippen LogP contribution is 1.95. The molecule has 0 rings (SSSR count). The van der Waals surface area contributed by atoms with Gasteiger partial charge in [-0.05, 0) is 25.8 Å². The lowest BCUT2D eigenvalue weighted by Crippen LogP contribution is -2.32. The Morgan fingerprint density at radius 2 is 2.21 bits per heavy atom. The Labute approximate surface area is 85.0 Å². The van der Waals surface area contributed by atoms with Gasteiger partial charge in [0.1, 0.15) is 5.84 Å². The van der Waals surface area contributed by atoms with E-state index >= 15 is 0 Å². The van der Waals surface area contributed by atoms with Crippen LogP contribution in [-0.2, 0) is 0 Å². The predicted octanol–water partition coefficient (Wildman–Crippen LogP) is 0.264. The molecule has 5 heteroatoms. The zero-order valence-corrected chi connectivity index (χ0v) is 8.74. The normalized spacial score (nSPS) is 14.3. The van der Waals surface area contributed by atoms with E-state index in [-0.39, 0.29) is 18.5 Å². The van der Waals surface area contributed by atoms with Gasteiger partial charge in [-0.1, -0.05) is 12.1 Å². The Bertz CT molecular complexity index is 158. The minimum absolute atomic E-state index is 0.177. The van der Waals surface area contributed by atoms with Gasteiger partial charge in [0.05, 0.1) is 6.61 Å². The monoisotopic (exact) mass is 203 g/mol. The van der Waals surface area contributed by atoms with Crippen molar-refractivity contribution in [3.05, 3.63) is 0 Å². The number of aliphatic hydroxyl groups excluding tert-OH is 1. The molecule has 0 aliphatic heterocycles. The van der Waals surface area contributed by atoms with Crippen molar-refractivity contribution in [2.45, 2.75) is 38.6 Å². The van der Waals surface area contributed by atoms with Crippen molar-refractivity contribution in [1.82, 2.24) is 5.32 Å². The molecule has 0 saturated heterocycles. The van der Waals surface area contributed by atoms with Gasteiger partial charge in [0.15, 0.2) is 0 Å². The van der Waals surface area contributed by atoms with Crippen LogP contribution in [0.3, 0.4) is 0 Å². The van der Waals surface area contributed by atoms with Crippen LogP contribution >= 0.6 is 0 Å². The molecule has 84 valence electrons. The molecule has 5 nitrogen and oxygen atoms in total. The van der Waals surface area contributed by atoms with Gasteiger partial charge in [-0.25, -0.2) is 0 Å². The molecule has 0 aliphatic carbocycles. The zero-order chi connectivity index (χ0) is 10.8. The third-order valence-corrected chi connectivity index (χ3v) is 2.13. The number of hydrogen-bond donors (Lipinski definition) is 4. The van der Waals surface area contributed by atoms with E-state index in [1.807, 2.05) is 6.92 Å². The van der Waals surface area contributed by atoms with Gasteiger partial charge in [-0.2, -0.15) is 0 Å². The lowest BCUT2D eigenvalue weighted by Gasteiger charge is -2.13. The summed E-state index contributed by atoms with van der Waals surface area (Å²) in [6, 6.07) is 0.193. The number of nitrogens with one attached hydrogen (secondary N) is 1. The summed E-state index contributed by atoms with van der Waals surface area (Å²) in [6.45, 7) is 3.07. The largest absolute Gasteiger partial charge is 0.409 e. The van der Waals surface area contributed by atoms with E-state index in [1.165, 1.54) is 0 Å². The van der Waals surface area contributed by atoms with Crippen molar-refractivity contribution in [2.75, 3.05) is 13.2 Å². The van der Waals surface area contributed by atoms with E-state index < -0.39 is 0 Å². The standard InChI is InChI=1S/C9H21N3O2/c1-2-8(7-13)11-6-4-3-5-9(10)12-14/h8,11,13-14H,2-7H2,1H3,(H2,10,12). The lowest BCUT2D eigenvalue weighted by molar-refractivity contribution is 0.239. The number of nitrogens with two attached hydrogens (primary N) is 1. The molecule has 1 unspecified atom stereocenters. The highest BCUT2D eigenvalue weighted by molar-refractivity contribution is 5.79. The van der Waals surface area contributed by atoms with Gasteiger partial charge >= 0.3 is 0 Å². The van der Waals surface area contributed by atoms with E-state index in [9.17, 15) is 0 Å². The molecule has 0 aromatic heterocycles. The molecule has 5 N–H and O–H groups in total. The molecule has 0 radical (unpaired) electrons. The summed E-state index contributed by atoms with van der Waals surface area (Å²) >= 11 is 0. The number of unbranched alkanes of at least 4 members (excludes halogenated alkanes) is 1. The first kappa shape index (κ1) is 13.2. The van der Waals surface area contributed by atoms with Crippen LogP contribution in [0.25, 0.3) is 0 Å². The van der Waals surface area contributed by atoms with Crippen LogP contribution in [0.2, 0.25) is 0 Å². The number of rotatable bonds is 8. The average Bonchev–Trinajstić information content (AvgIpc) is 2.23. The van der Waals surface area contributed by atoms with Gasteiger partial charge in [-0.15, -0.1) is 0 Å². The number of oxime groups is 1. The van der Waals surface area contributed by atoms with Gasteiger partial charge in [-0.3, -0.25) is 0 Å². The van der Waals surface area contributed by atoms with Crippen molar-refractivity contribution in [3.63, 3.8) is 0 Å².